The van der Waals surface area contributed by atoms with Crippen molar-refractivity contribution >= 4 is 42.4 Å². The van der Waals surface area contributed by atoms with E-state index in [2.05, 4.69) is 9.97 Å². The molecule has 0 aliphatic heterocycles. The van der Waals surface area contributed by atoms with Crippen LogP contribution < -0.4 is 11.5 Å². The van der Waals surface area contributed by atoms with Gasteiger partial charge >= 0.3 is 0 Å². The van der Waals surface area contributed by atoms with E-state index in [9.17, 15) is 8.42 Å². The molecular weight excluding hydrogens is 240 g/mol. The van der Waals surface area contributed by atoms with Crippen LogP contribution in [0.1, 0.15) is 0 Å². The molecule has 1 aromatic carbocycles. The topological polar surface area (TPSA) is 115 Å². The Kier molecular flexibility index (Phi) is 2.02. The highest BCUT2D eigenvalue weighted by atomic mass is 35.7. The number of halogens is 1. The summed E-state index contributed by atoms with van der Waals surface area (Å²) in [6.07, 6.45) is 0. The summed E-state index contributed by atoms with van der Waals surface area (Å²) < 4.78 is 22.4. The Morgan fingerprint density at radius 1 is 1.33 bits per heavy atom. The third-order valence-corrected chi connectivity index (χ3v) is 3.19. The lowest BCUT2D eigenvalue weighted by molar-refractivity contribution is 0.610. The predicted octanol–water partition coefficient (Wildman–Crippen LogP) is 0.655. The molecule has 0 saturated carbocycles. The Morgan fingerprint density at radius 2 is 2.00 bits per heavy atom. The zero-order valence-electron chi connectivity index (χ0n) is 7.36. The van der Waals surface area contributed by atoms with Crippen LogP contribution >= 0.6 is 10.7 Å². The van der Waals surface area contributed by atoms with E-state index < -0.39 is 9.05 Å². The first-order valence-electron chi connectivity index (χ1n) is 3.87. The van der Waals surface area contributed by atoms with Crippen molar-refractivity contribution in [1.29, 1.82) is 0 Å². The van der Waals surface area contributed by atoms with Crippen molar-refractivity contribution in [3.8, 4) is 0 Å². The van der Waals surface area contributed by atoms with Crippen LogP contribution in [0.2, 0.25) is 0 Å². The molecule has 0 atom stereocenters. The number of nitrogen functional groups attached to an aromatic ring is 2. The summed E-state index contributed by atoms with van der Waals surface area (Å²) in [6.45, 7) is 0. The highest BCUT2D eigenvalue weighted by Gasteiger charge is 2.17. The number of anilines is 2. The van der Waals surface area contributed by atoms with Gasteiger partial charge in [-0.2, -0.15) is 0 Å². The Labute approximate surface area is 89.7 Å². The number of aromatic nitrogens is 2. The minimum absolute atomic E-state index is 0.108. The molecule has 0 aliphatic rings. The summed E-state index contributed by atoms with van der Waals surface area (Å²) in [6, 6.07) is 2.77. The maximum atomic E-state index is 11.2. The van der Waals surface area contributed by atoms with Gasteiger partial charge in [0.1, 0.15) is 10.4 Å². The zero-order valence-corrected chi connectivity index (χ0v) is 8.93. The molecule has 2 aromatic rings. The smallest absolute Gasteiger partial charge is 0.263 e. The monoisotopic (exact) mass is 246 g/mol. The van der Waals surface area contributed by atoms with E-state index in [0.29, 0.717) is 5.52 Å². The summed E-state index contributed by atoms with van der Waals surface area (Å²) >= 11 is 0. The average molecular weight is 247 g/mol. The second kappa shape index (κ2) is 3.01. The van der Waals surface area contributed by atoms with Crippen LogP contribution in [0, 0.1) is 0 Å². The van der Waals surface area contributed by atoms with Crippen molar-refractivity contribution in [3.05, 3.63) is 12.1 Å². The number of nitrogens with zero attached hydrogens (tertiary/aromatic N) is 1. The number of imidazole rings is 1. The van der Waals surface area contributed by atoms with Gasteiger partial charge in [0.25, 0.3) is 9.05 Å². The number of nitrogens with one attached hydrogen (secondary N) is 1. The molecule has 1 aromatic heterocycles. The Morgan fingerprint density at radius 3 is 2.60 bits per heavy atom. The fourth-order valence-corrected chi connectivity index (χ4v) is 2.33. The first-order valence-corrected chi connectivity index (χ1v) is 6.18. The van der Waals surface area contributed by atoms with Crippen LogP contribution in [-0.4, -0.2) is 18.4 Å². The summed E-state index contributed by atoms with van der Waals surface area (Å²) in [5, 5.41) is 0. The second-order valence-corrected chi connectivity index (χ2v) is 5.51. The Bertz CT molecular complexity index is 634. The maximum absolute atomic E-state index is 11.2. The summed E-state index contributed by atoms with van der Waals surface area (Å²) in [5.74, 6) is 0.108. The molecule has 0 amide bonds. The van der Waals surface area contributed by atoms with Crippen molar-refractivity contribution in [1.82, 2.24) is 9.97 Å². The summed E-state index contributed by atoms with van der Waals surface area (Å²) in [4.78, 5) is 6.35. The number of fused-ring (bicyclic) bond motifs is 1. The second-order valence-electron chi connectivity index (χ2n) is 2.98. The average Bonchev–Trinajstić information content (AvgIpc) is 2.41. The number of hydrogen-bond acceptors (Lipinski definition) is 5. The van der Waals surface area contributed by atoms with Crippen molar-refractivity contribution in [2.45, 2.75) is 4.90 Å². The molecular formula is C7H7ClN4O2S. The molecule has 1 heterocycles. The van der Waals surface area contributed by atoms with Crippen molar-refractivity contribution in [2.24, 2.45) is 0 Å². The minimum atomic E-state index is -3.88. The first-order chi connectivity index (χ1) is 6.88. The van der Waals surface area contributed by atoms with Crippen LogP contribution in [0.4, 0.5) is 11.6 Å². The molecule has 0 bridgehead atoms. The molecule has 0 unspecified atom stereocenters. The zero-order chi connectivity index (χ0) is 11.2. The number of aromatic amines is 1. The minimum Gasteiger partial charge on any atom is -0.399 e. The van der Waals surface area contributed by atoms with E-state index in [1.165, 1.54) is 12.1 Å². The maximum Gasteiger partial charge on any atom is 0.263 e. The normalized spacial score (nSPS) is 12.1. The summed E-state index contributed by atoms with van der Waals surface area (Å²) in [5.41, 5.74) is 11.8. The van der Waals surface area contributed by atoms with Crippen LogP contribution in [0.5, 0.6) is 0 Å². The molecule has 6 nitrogen and oxygen atoms in total. The van der Waals surface area contributed by atoms with Crippen molar-refractivity contribution in [3.63, 3.8) is 0 Å². The van der Waals surface area contributed by atoms with Gasteiger partial charge in [-0.05, 0) is 12.1 Å². The Balaban J connectivity index is 2.94. The van der Waals surface area contributed by atoms with Gasteiger partial charge < -0.3 is 16.5 Å². The van der Waals surface area contributed by atoms with E-state index in [4.69, 9.17) is 22.1 Å². The van der Waals surface area contributed by atoms with E-state index in [-0.39, 0.29) is 22.0 Å². The van der Waals surface area contributed by atoms with Gasteiger partial charge in [0.15, 0.2) is 5.95 Å². The van der Waals surface area contributed by atoms with Gasteiger partial charge in [0, 0.05) is 16.4 Å². The molecule has 0 saturated heterocycles. The van der Waals surface area contributed by atoms with Crippen LogP contribution in [0.25, 0.3) is 11.0 Å². The molecule has 0 radical (unpaired) electrons. The van der Waals surface area contributed by atoms with Gasteiger partial charge in [-0.25, -0.2) is 13.4 Å². The molecule has 15 heavy (non-hydrogen) atoms. The third kappa shape index (κ3) is 1.71. The Hall–Kier alpha value is -1.47. The fraction of sp³-hybridized carbons (Fsp3) is 0. The van der Waals surface area contributed by atoms with Gasteiger partial charge in [0.05, 0.1) is 5.52 Å². The van der Waals surface area contributed by atoms with Crippen molar-refractivity contribution < 1.29 is 8.42 Å². The van der Waals surface area contributed by atoms with Gasteiger partial charge in [-0.3, -0.25) is 0 Å². The lowest BCUT2D eigenvalue weighted by Crippen LogP contribution is -1.95. The number of H-pyrrole nitrogens is 1. The van der Waals surface area contributed by atoms with E-state index in [0.717, 1.165) is 0 Å². The molecule has 2 rings (SSSR count). The van der Waals surface area contributed by atoms with Crippen LogP contribution in [-0.2, 0) is 9.05 Å². The quantitative estimate of drug-likeness (QED) is 0.505. The highest BCUT2D eigenvalue weighted by molar-refractivity contribution is 8.14. The fourth-order valence-electron chi connectivity index (χ4n) is 1.31. The molecule has 0 aliphatic carbocycles. The van der Waals surface area contributed by atoms with E-state index in [1.54, 1.807) is 0 Å². The largest absolute Gasteiger partial charge is 0.399 e. The molecule has 8 heteroatoms. The SMILES string of the molecule is Nc1cc(S(=O)(=O)Cl)c2nc(N)[nH]c2c1. The highest BCUT2D eigenvalue weighted by Crippen LogP contribution is 2.27. The number of rotatable bonds is 1. The molecule has 0 spiro atoms. The first kappa shape index (κ1) is 10.1. The van der Waals surface area contributed by atoms with Gasteiger partial charge in [-0.1, -0.05) is 0 Å². The lowest BCUT2D eigenvalue weighted by Gasteiger charge is -1.99. The van der Waals surface area contributed by atoms with E-state index in [1.807, 2.05) is 0 Å². The van der Waals surface area contributed by atoms with Crippen LogP contribution in [0.3, 0.4) is 0 Å². The van der Waals surface area contributed by atoms with Crippen molar-refractivity contribution in [2.75, 3.05) is 11.5 Å². The molecule has 0 fully saturated rings. The molecule has 80 valence electrons. The standard InChI is InChI=1S/C7H7ClN4O2S/c8-15(13,14)5-2-3(9)1-4-6(5)12-7(10)11-4/h1-2H,9H2,(H3,10,11,12). The predicted molar refractivity (Wildman–Crippen MR) is 58.0 cm³/mol. The number of benzene rings is 1. The van der Waals surface area contributed by atoms with Gasteiger partial charge in [-0.15, -0.1) is 0 Å². The lowest BCUT2D eigenvalue weighted by atomic mass is 10.3. The molecule has 5 N–H and O–H groups in total. The third-order valence-electron chi connectivity index (χ3n) is 1.85. The van der Waals surface area contributed by atoms with Gasteiger partial charge in [0.2, 0.25) is 0 Å². The number of nitrogens with two attached hydrogens (primary N) is 2. The number of hydrogen-bond donors (Lipinski definition) is 3. The summed E-state index contributed by atoms with van der Waals surface area (Å²) in [7, 11) is 1.36. The van der Waals surface area contributed by atoms with E-state index >= 15 is 0 Å². The van der Waals surface area contributed by atoms with Crippen LogP contribution in [0.15, 0.2) is 17.0 Å².